The number of carbonyl (C=O) groups is 1. The topological polar surface area (TPSA) is 73.2 Å². The molecule has 1 aliphatic heterocycles. The second-order valence-corrected chi connectivity index (χ2v) is 7.65. The maximum absolute atomic E-state index is 12.8. The summed E-state index contributed by atoms with van der Waals surface area (Å²) in [5.41, 5.74) is 1.12. The zero-order valence-electron chi connectivity index (χ0n) is 15.7. The van der Waals surface area contributed by atoms with Crippen molar-refractivity contribution in [1.29, 1.82) is 0 Å². The number of nitrogens with one attached hydrogen (secondary N) is 1. The van der Waals surface area contributed by atoms with Crippen LogP contribution in [0.15, 0.2) is 46.9 Å². The minimum Gasteiger partial charge on any atom is -0.491 e. The summed E-state index contributed by atoms with van der Waals surface area (Å²) in [6, 6.07) is 7.55. The molecule has 1 aromatic carbocycles. The molecule has 2 heterocycles. The first-order chi connectivity index (χ1) is 12.9. The van der Waals surface area contributed by atoms with Gasteiger partial charge in [0.2, 0.25) is 5.91 Å². The maximum atomic E-state index is 12.8. The zero-order valence-corrected chi connectivity index (χ0v) is 16.5. The van der Waals surface area contributed by atoms with Crippen LogP contribution in [0.1, 0.15) is 37.3 Å². The molecule has 0 radical (unpaired) electrons. The number of anilines is 1. The van der Waals surface area contributed by atoms with Gasteiger partial charge >= 0.3 is 0 Å². The van der Waals surface area contributed by atoms with Gasteiger partial charge in [-0.25, -0.2) is 0 Å². The lowest BCUT2D eigenvalue weighted by Crippen LogP contribution is -2.33. The van der Waals surface area contributed by atoms with E-state index in [1.54, 1.807) is 17.7 Å². The zero-order chi connectivity index (χ0) is 19.6. The molecule has 0 aliphatic carbocycles. The summed E-state index contributed by atoms with van der Waals surface area (Å²) in [7, 11) is 1.80. The van der Waals surface area contributed by atoms with Gasteiger partial charge < -0.3 is 14.6 Å². The Kier molecular flexibility index (Phi) is 5.70. The van der Waals surface area contributed by atoms with Crippen LogP contribution in [0.25, 0.3) is 0 Å². The Morgan fingerprint density at radius 3 is 2.70 bits per heavy atom. The first-order valence-corrected chi connectivity index (χ1v) is 9.80. The molecule has 142 valence electrons. The van der Waals surface area contributed by atoms with Crippen LogP contribution in [0.5, 0.6) is 5.75 Å². The van der Waals surface area contributed by atoms with E-state index >= 15 is 0 Å². The van der Waals surface area contributed by atoms with Gasteiger partial charge in [-0.15, -0.1) is 6.58 Å². The number of ether oxygens (including phenoxy) is 1. The summed E-state index contributed by atoms with van der Waals surface area (Å²) < 4.78 is 7.44. The van der Waals surface area contributed by atoms with Crippen LogP contribution in [0.2, 0.25) is 0 Å². The van der Waals surface area contributed by atoms with Crippen molar-refractivity contribution < 1.29 is 9.53 Å². The molecule has 27 heavy (non-hydrogen) atoms. The molecule has 2 aromatic rings. The van der Waals surface area contributed by atoms with E-state index in [0.29, 0.717) is 22.3 Å². The normalized spacial score (nSPS) is 16.0. The molecule has 7 heteroatoms. The van der Waals surface area contributed by atoms with E-state index in [0.717, 1.165) is 11.3 Å². The minimum atomic E-state index is -0.327. The quantitative estimate of drug-likeness (QED) is 0.469. The van der Waals surface area contributed by atoms with E-state index < -0.39 is 0 Å². The Morgan fingerprint density at radius 2 is 2.07 bits per heavy atom. The highest BCUT2D eigenvalue weighted by Crippen LogP contribution is 2.36. The second kappa shape index (κ2) is 8.00. The molecule has 1 aliphatic rings. The van der Waals surface area contributed by atoms with Gasteiger partial charge in [-0.3, -0.25) is 9.59 Å². The van der Waals surface area contributed by atoms with Crippen LogP contribution in [-0.2, 0) is 11.8 Å². The lowest BCUT2D eigenvalue weighted by Gasteiger charge is -2.27. The highest BCUT2D eigenvalue weighted by molar-refractivity contribution is 7.99. The second-order valence-electron chi connectivity index (χ2n) is 6.66. The number of fused-ring (bicyclic) bond motifs is 1. The van der Waals surface area contributed by atoms with Crippen LogP contribution < -0.4 is 15.6 Å². The van der Waals surface area contributed by atoms with E-state index in [2.05, 4.69) is 16.9 Å². The first-order valence-electron chi connectivity index (χ1n) is 8.81. The Balaban J connectivity index is 2.03. The van der Waals surface area contributed by atoms with E-state index in [1.165, 1.54) is 11.8 Å². The van der Waals surface area contributed by atoms with Crippen molar-refractivity contribution in [2.75, 3.05) is 11.1 Å². The molecular weight excluding hydrogens is 362 g/mol. The van der Waals surface area contributed by atoms with Gasteiger partial charge in [-0.05, 0) is 31.5 Å². The summed E-state index contributed by atoms with van der Waals surface area (Å²) in [4.78, 5) is 29.3. The van der Waals surface area contributed by atoms with Crippen LogP contribution in [0, 0.1) is 0 Å². The SMILES string of the molecule is C=CCSc1nc(=O)c2c(n1C)NC(=O)C[C@H]2c1ccc(OC(C)C)cc1. The summed E-state index contributed by atoms with van der Waals surface area (Å²) in [5.74, 6) is 1.47. The van der Waals surface area contributed by atoms with Gasteiger partial charge in [-0.2, -0.15) is 4.98 Å². The largest absolute Gasteiger partial charge is 0.491 e. The fraction of sp³-hybridized carbons (Fsp3) is 0.350. The number of hydrogen-bond acceptors (Lipinski definition) is 5. The van der Waals surface area contributed by atoms with Crippen LogP contribution in [-0.4, -0.2) is 27.3 Å². The molecule has 1 N–H and O–H groups in total. The predicted molar refractivity (Wildman–Crippen MR) is 108 cm³/mol. The average Bonchev–Trinajstić information content (AvgIpc) is 2.63. The highest BCUT2D eigenvalue weighted by atomic mass is 32.2. The fourth-order valence-electron chi connectivity index (χ4n) is 3.13. The van der Waals surface area contributed by atoms with Crippen molar-refractivity contribution in [2.24, 2.45) is 7.05 Å². The third-order valence-corrected chi connectivity index (χ3v) is 5.31. The summed E-state index contributed by atoms with van der Waals surface area (Å²) in [6.07, 6.45) is 2.05. The molecule has 1 amide bonds. The van der Waals surface area contributed by atoms with E-state index in [4.69, 9.17) is 4.74 Å². The molecule has 0 fully saturated rings. The number of benzene rings is 1. The van der Waals surface area contributed by atoms with Gasteiger partial charge in [0, 0.05) is 25.1 Å². The summed E-state index contributed by atoms with van der Waals surface area (Å²) in [6.45, 7) is 7.62. The molecule has 3 rings (SSSR count). The Labute approximate surface area is 162 Å². The number of carbonyl (C=O) groups excluding carboxylic acids is 1. The summed E-state index contributed by atoms with van der Waals surface area (Å²) >= 11 is 1.41. The standard InChI is InChI=1S/C20H23N3O3S/c1-5-10-27-20-22-19(25)17-15(11-16(24)21-18(17)23(20)4)13-6-8-14(9-7-13)26-12(2)3/h5-9,12,15H,1,10-11H2,2-4H3,(H,21,24)/t15-/m0/s1. The molecular formula is C20H23N3O3S. The first kappa shape index (κ1) is 19.2. The minimum absolute atomic E-state index is 0.0833. The van der Waals surface area contributed by atoms with Crippen molar-refractivity contribution in [3.63, 3.8) is 0 Å². The van der Waals surface area contributed by atoms with Crippen molar-refractivity contribution in [1.82, 2.24) is 9.55 Å². The summed E-state index contributed by atoms with van der Waals surface area (Å²) in [5, 5.41) is 3.40. The average molecular weight is 385 g/mol. The molecule has 1 atom stereocenters. The fourth-order valence-corrected chi connectivity index (χ4v) is 3.83. The van der Waals surface area contributed by atoms with Crippen molar-refractivity contribution in [3.05, 3.63) is 58.4 Å². The highest BCUT2D eigenvalue weighted by Gasteiger charge is 2.32. The third-order valence-electron chi connectivity index (χ3n) is 4.29. The van der Waals surface area contributed by atoms with Crippen LogP contribution in [0.3, 0.4) is 0 Å². The molecule has 0 saturated carbocycles. The number of aromatic nitrogens is 2. The molecule has 0 spiro atoms. The van der Waals surface area contributed by atoms with Crippen LogP contribution >= 0.6 is 11.8 Å². The molecule has 0 saturated heterocycles. The third kappa shape index (κ3) is 4.08. The van der Waals surface area contributed by atoms with E-state index in [-0.39, 0.29) is 29.9 Å². The van der Waals surface area contributed by atoms with Crippen LogP contribution in [0.4, 0.5) is 5.82 Å². The predicted octanol–water partition coefficient (Wildman–Crippen LogP) is 3.32. The Hall–Kier alpha value is -2.54. The molecule has 0 unspecified atom stereocenters. The van der Waals surface area contributed by atoms with Crippen molar-refractivity contribution in [3.8, 4) is 5.75 Å². The smallest absolute Gasteiger partial charge is 0.279 e. The molecule has 0 bridgehead atoms. The van der Waals surface area contributed by atoms with Gasteiger partial charge in [0.05, 0.1) is 11.7 Å². The monoisotopic (exact) mass is 385 g/mol. The lowest BCUT2D eigenvalue weighted by molar-refractivity contribution is -0.116. The van der Waals surface area contributed by atoms with Gasteiger partial charge in [-0.1, -0.05) is 30.0 Å². The van der Waals surface area contributed by atoms with E-state index in [1.807, 2.05) is 38.1 Å². The maximum Gasteiger partial charge on any atom is 0.279 e. The van der Waals surface area contributed by atoms with Gasteiger partial charge in [0.15, 0.2) is 5.16 Å². The lowest BCUT2D eigenvalue weighted by atomic mass is 9.87. The number of amides is 1. The molecule has 1 aromatic heterocycles. The number of hydrogen-bond donors (Lipinski definition) is 1. The Bertz CT molecular complexity index is 919. The van der Waals surface area contributed by atoms with Crippen molar-refractivity contribution in [2.45, 2.75) is 37.4 Å². The van der Waals surface area contributed by atoms with Gasteiger partial charge in [0.1, 0.15) is 11.6 Å². The van der Waals surface area contributed by atoms with Crippen molar-refractivity contribution >= 4 is 23.5 Å². The molecule has 6 nitrogen and oxygen atoms in total. The Morgan fingerprint density at radius 1 is 1.37 bits per heavy atom. The number of nitrogens with zero attached hydrogens (tertiary/aromatic N) is 2. The van der Waals surface area contributed by atoms with Gasteiger partial charge in [0.25, 0.3) is 5.56 Å². The number of rotatable bonds is 6. The van der Waals surface area contributed by atoms with E-state index in [9.17, 15) is 9.59 Å². The number of thioether (sulfide) groups is 1.